The molecule has 3 heteroatoms. The second-order valence-corrected chi connectivity index (χ2v) is 6.51. The Bertz CT molecular complexity index is 585. The summed E-state index contributed by atoms with van der Waals surface area (Å²) in [5, 5.41) is 3.22. The van der Waals surface area contributed by atoms with Gasteiger partial charge in [-0.3, -0.25) is 4.79 Å². The van der Waals surface area contributed by atoms with Gasteiger partial charge in [-0.15, -0.1) is 0 Å². The first-order chi connectivity index (χ1) is 11.3. The second-order valence-electron chi connectivity index (χ2n) is 6.51. The van der Waals surface area contributed by atoms with E-state index in [0.29, 0.717) is 12.5 Å². The van der Waals surface area contributed by atoms with Crippen LogP contribution in [-0.2, 0) is 11.2 Å². The zero-order valence-corrected chi connectivity index (χ0v) is 13.5. The van der Waals surface area contributed by atoms with Gasteiger partial charge in [-0.1, -0.05) is 49.6 Å². The monoisotopic (exact) mass is 311 g/mol. The topological polar surface area (TPSA) is 42.2 Å². The Kier molecular flexibility index (Phi) is 5.51. The predicted octanol–water partition coefficient (Wildman–Crippen LogP) is 4.44. The summed E-state index contributed by atoms with van der Waals surface area (Å²) >= 11 is 0. The molecule has 3 rings (SSSR count). The van der Waals surface area contributed by atoms with Crippen LogP contribution in [0.3, 0.4) is 0 Å². The van der Waals surface area contributed by atoms with Crippen molar-refractivity contribution in [1.29, 1.82) is 0 Å². The molecule has 1 atom stereocenters. The highest BCUT2D eigenvalue weighted by Crippen LogP contribution is 2.25. The highest BCUT2D eigenvalue weighted by Gasteiger charge is 2.22. The van der Waals surface area contributed by atoms with Crippen LogP contribution in [0.25, 0.3) is 0 Å². The number of amides is 1. The lowest BCUT2D eigenvalue weighted by Gasteiger charge is -2.24. The largest absolute Gasteiger partial charge is 0.469 e. The van der Waals surface area contributed by atoms with Crippen LogP contribution in [0, 0.1) is 0 Å². The van der Waals surface area contributed by atoms with Gasteiger partial charge in [0.15, 0.2) is 0 Å². The Hall–Kier alpha value is -2.03. The van der Waals surface area contributed by atoms with Crippen LogP contribution in [0.2, 0.25) is 0 Å². The average molecular weight is 311 g/mol. The molecule has 0 aliphatic heterocycles. The van der Waals surface area contributed by atoms with E-state index in [-0.39, 0.29) is 11.8 Å². The maximum Gasteiger partial charge on any atom is 0.220 e. The number of carbonyl (C=O) groups is 1. The summed E-state index contributed by atoms with van der Waals surface area (Å²) in [5.41, 5.74) is 1.24. The highest BCUT2D eigenvalue weighted by atomic mass is 16.3. The molecule has 0 radical (unpaired) electrons. The molecule has 2 aromatic rings. The van der Waals surface area contributed by atoms with Crippen LogP contribution in [0.4, 0.5) is 0 Å². The van der Waals surface area contributed by atoms with E-state index in [4.69, 9.17) is 4.42 Å². The first-order valence-corrected chi connectivity index (χ1v) is 8.68. The molecule has 23 heavy (non-hydrogen) atoms. The summed E-state index contributed by atoms with van der Waals surface area (Å²) < 4.78 is 5.58. The Morgan fingerprint density at radius 1 is 1.09 bits per heavy atom. The van der Waals surface area contributed by atoms with Gasteiger partial charge in [0.25, 0.3) is 0 Å². The van der Waals surface area contributed by atoms with Gasteiger partial charge in [-0.2, -0.15) is 0 Å². The Balaban J connectivity index is 1.62. The van der Waals surface area contributed by atoms with Crippen LogP contribution in [0.1, 0.15) is 55.8 Å². The Morgan fingerprint density at radius 2 is 1.87 bits per heavy atom. The van der Waals surface area contributed by atoms with Crippen molar-refractivity contribution < 1.29 is 9.21 Å². The fourth-order valence-electron chi connectivity index (χ4n) is 3.45. The standard InChI is InChI=1S/C20H25NO2/c22-20(21-18-10-5-2-6-11-18)15-17(19-12-7-13-23-19)14-16-8-3-1-4-9-16/h1,3-4,7-9,12-13,17-18H,2,5-6,10-11,14-15H2,(H,21,22)/t17-/m0/s1. The van der Waals surface area contributed by atoms with Gasteiger partial charge in [0.05, 0.1) is 6.26 Å². The van der Waals surface area contributed by atoms with E-state index in [1.54, 1.807) is 6.26 Å². The molecule has 3 nitrogen and oxygen atoms in total. The maximum absolute atomic E-state index is 12.5. The van der Waals surface area contributed by atoms with Gasteiger partial charge < -0.3 is 9.73 Å². The molecule has 1 aliphatic carbocycles. The Labute approximate surface area is 138 Å². The minimum atomic E-state index is 0.0935. The van der Waals surface area contributed by atoms with Gasteiger partial charge in [0.1, 0.15) is 5.76 Å². The molecule has 0 bridgehead atoms. The van der Waals surface area contributed by atoms with Crippen molar-refractivity contribution in [3.8, 4) is 0 Å². The molecule has 1 aromatic heterocycles. The molecule has 1 aromatic carbocycles. The van der Waals surface area contributed by atoms with Crippen LogP contribution in [0.15, 0.2) is 53.1 Å². The van der Waals surface area contributed by atoms with Crippen LogP contribution >= 0.6 is 0 Å². The van der Waals surface area contributed by atoms with Crippen molar-refractivity contribution in [2.24, 2.45) is 0 Å². The molecule has 1 heterocycles. The molecular weight excluding hydrogens is 286 g/mol. The molecule has 122 valence electrons. The van der Waals surface area contributed by atoms with E-state index in [2.05, 4.69) is 17.4 Å². The smallest absolute Gasteiger partial charge is 0.220 e. The SMILES string of the molecule is O=C(C[C@H](Cc1ccccc1)c1ccco1)NC1CCCCC1. The number of benzene rings is 1. The zero-order chi connectivity index (χ0) is 15.9. The van der Waals surface area contributed by atoms with Crippen molar-refractivity contribution >= 4 is 5.91 Å². The molecule has 0 unspecified atom stereocenters. The third-order valence-electron chi connectivity index (χ3n) is 4.67. The van der Waals surface area contributed by atoms with Gasteiger partial charge in [-0.25, -0.2) is 0 Å². The fourth-order valence-corrected chi connectivity index (χ4v) is 3.45. The number of rotatable bonds is 6. The van der Waals surface area contributed by atoms with Crippen LogP contribution < -0.4 is 5.32 Å². The molecule has 1 amide bonds. The lowest BCUT2D eigenvalue weighted by Crippen LogP contribution is -2.36. The van der Waals surface area contributed by atoms with E-state index < -0.39 is 0 Å². The molecule has 1 saturated carbocycles. The quantitative estimate of drug-likeness (QED) is 0.856. The lowest BCUT2D eigenvalue weighted by molar-refractivity contribution is -0.122. The molecule has 0 spiro atoms. The number of carbonyl (C=O) groups excluding carboxylic acids is 1. The van der Waals surface area contributed by atoms with Crippen molar-refractivity contribution in [2.45, 2.75) is 56.9 Å². The van der Waals surface area contributed by atoms with Gasteiger partial charge in [-0.05, 0) is 37.0 Å². The van der Waals surface area contributed by atoms with Gasteiger partial charge in [0.2, 0.25) is 5.91 Å². The number of nitrogens with one attached hydrogen (secondary N) is 1. The number of furan rings is 1. The summed E-state index contributed by atoms with van der Waals surface area (Å²) in [6.07, 6.45) is 9.01. The third-order valence-corrected chi connectivity index (χ3v) is 4.67. The van der Waals surface area contributed by atoms with Crippen LogP contribution in [0.5, 0.6) is 0 Å². The third kappa shape index (κ3) is 4.72. The van der Waals surface area contributed by atoms with E-state index in [1.807, 2.05) is 30.3 Å². The van der Waals surface area contributed by atoms with Crippen molar-refractivity contribution in [1.82, 2.24) is 5.32 Å². The summed E-state index contributed by atoms with van der Waals surface area (Å²) in [6.45, 7) is 0. The lowest BCUT2D eigenvalue weighted by atomic mass is 9.92. The van der Waals surface area contributed by atoms with E-state index in [1.165, 1.54) is 24.8 Å². The highest BCUT2D eigenvalue weighted by molar-refractivity contribution is 5.77. The van der Waals surface area contributed by atoms with Crippen molar-refractivity contribution in [3.63, 3.8) is 0 Å². The van der Waals surface area contributed by atoms with Crippen molar-refractivity contribution in [2.75, 3.05) is 0 Å². The molecular formula is C20H25NO2. The van der Waals surface area contributed by atoms with Crippen molar-refractivity contribution in [3.05, 3.63) is 60.1 Å². The minimum Gasteiger partial charge on any atom is -0.469 e. The average Bonchev–Trinajstić information content (AvgIpc) is 3.10. The molecule has 0 saturated heterocycles. The van der Waals surface area contributed by atoms with Gasteiger partial charge in [0, 0.05) is 18.4 Å². The first kappa shape index (κ1) is 15.9. The number of hydrogen-bond acceptors (Lipinski definition) is 2. The zero-order valence-electron chi connectivity index (χ0n) is 13.5. The van der Waals surface area contributed by atoms with Gasteiger partial charge >= 0.3 is 0 Å². The normalized spacial score (nSPS) is 16.9. The van der Waals surface area contributed by atoms with E-state index >= 15 is 0 Å². The van der Waals surface area contributed by atoms with E-state index in [9.17, 15) is 4.79 Å². The summed E-state index contributed by atoms with van der Waals surface area (Å²) in [7, 11) is 0. The Morgan fingerprint density at radius 3 is 2.57 bits per heavy atom. The van der Waals surface area contributed by atoms with E-state index in [0.717, 1.165) is 25.0 Å². The minimum absolute atomic E-state index is 0.0935. The summed E-state index contributed by atoms with van der Waals surface area (Å²) in [4.78, 5) is 12.5. The molecule has 1 N–H and O–H groups in total. The summed E-state index contributed by atoms with van der Waals surface area (Å²) in [5.74, 6) is 1.14. The fraction of sp³-hybridized carbons (Fsp3) is 0.450. The van der Waals surface area contributed by atoms with Crippen LogP contribution in [-0.4, -0.2) is 11.9 Å². The molecule has 1 fully saturated rings. The first-order valence-electron chi connectivity index (χ1n) is 8.68. The molecule has 1 aliphatic rings. The summed E-state index contributed by atoms with van der Waals surface area (Å²) in [6, 6.07) is 14.5. The maximum atomic E-state index is 12.5. The second kappa shape index (κ2) is 8.00. The predicted molar refractivity (Wildman–Crippen MR) is 91.2 cm³/mol. The number of hydrogen-bond donors (Lipinski definition) is 1.